The van der Waals surface area contributed by atoms with E-state index >= 15 is 0 Å². The quantitative estimate of drug-likeness (QED) is 0.858. The molecular weight excluding hydrogens is 302 g/mol. The van der Waals surface area contributed by atoms with E-state index in [1.54, 1.807) is 0 Å². The predicted molar refractivity (Wildman–Crippen MR) is 83.5 cm³/mol. The second-order valence-corrected chi connectivity index (χ2v) is 7.07. The van der Waals surface area contributed by atoms with E-state index < -0.39 is 0 Å². The first kappa shape index (κ1) is 13.4. The van der Waals surface area contributed by atoms with Gasteiger partial charge in [0.1, 0.15) is 0 Å². The summed E-state index contributed by atoms with van der Waals surface area (Å²) in [6, 6.07) is 6.95. The molecular formula is C15H22BrN3. The van der Waals surface area contributed by atoms with E-state index in [1.165, 1.54) is 11.3 Å². The van der Waals surface area contributed by atoms with Crippen LogP contribution >= 0.6 is 15.9 Å². The van der Waals surface area contributed by atoms with Gasteiger partial charge in [0.25, 0.3) is 0 Å². The average Bonchev–Trinajstić information content (AvgIpc) is 2.31. The Kier molecular flexibility index (Phi) is 3.58. The Morgan fingerprint density at radius 1 is 1.16 bits per heavy atom. The molecule has 3 nitrogen and oxygen atoms in total. The van der Waals surface area contributed by atoms with Crippen LogP contribution in [0.1, 0.15) is 5.56 Å². The summed E-state index contributed by atoms with van der Waals surface area (Å²) in [4.78, 5) is 4.97. The van der Waals surface area contributed by atoms with Crippen LogP contribution in [0, 0.1) is 18.8 Å². The summed E-state index contributed by atoms with van der Waals surface area (Å²) < 4.78 is 1.15. The first-order chi connectivity index (χ1) is 9.04. The molecule has 0 amide bonds. The summed E-state index contributed by atoms with van der Waals surface area (Å²) in [6.45, 7) is 6.62. The zero-order valence-electron chi connectivity index (χ0n) is 11.6. The topological polar surface area (TPSA) is 32.5 Å². The fraction of sp³-hybridized carbons (Fsp3) is 0.600. The Morgan fingerprint density at radius 2 is 1.79 bits per heavy atom. The zero-order chi connectivity index (χ0) is 13.6. The molecule has 0 spiro atoms. The summed E-state index contributed by atoms with van der Waals surface area (Å²) in [7, 11) is 2.21. The summed E-state index contributed by atoms with van der Waals surface area (Å²) in [5.41, 5.74) is 9.10. The van der Waals surface area contributed by atoms with Gasteiger partial charge in [-0.15, -0.1) is 0 Å². The molecule has 19 heavy (non-hydrogen) atoms. The van der Waals surface area contributed by atoms with Crippen molar-refractivity contribution in [2.24, 2.45) is 17.6 Å². The van der Waals surface area contributed by atoms with Crippen molar-refractivity contribution in [3.63, 3.8) is 0 Å². The highest BCUT2D eigenvalue weighted by atomic mass is 79.9. The lowest BCUT2D eigenvalue weighted by Crippen LogP contribution is -2.62. The highest BCUT2D eigenvalue weighted by Crippen LogP contribution is 2.32. The van der Waals surface area contributed by atoms with E-state index in [0.29, 0.717) is 17.9 Å². The number of aryl methyl sites for hydroxylation is 1. The van der Waals surface area contributed by atoms with Crippen molar-refractivity contribution < 1.29 is 0 Å². The number of nitrogens with two attached hydrogens (primary N) is 1. The highest BCUT2D eigenvalue weighted by molar-refractivity contribution is 9.10. The maximum Gasteiger partial charge on any atom is 0.0396 e. The number of nitrogens with zero attached hydrogens (tertiary/aromatic N) is 2. The van der Waals surface area contributed by atoms with Crippen molar-refractivity contribution in [2.75, 3.05) is 38.1 Å². The Balaban J connectivity index is 1.84. The largest absolute Gasteiger partial charge is 0.371 e. The van der Waals surface area contributed by atoms with Crippen LogP contribution in [-0.4, -0.2) is 44.2 Å². The summed E-state index contributed by atoms with van der Waals surface area (Å²) in [6.07, 6.45) is 0. The number of benzene rings is 1. The fourth-order valence-electron chi connectivity index (χ4n) is 3.67. The van der Waals surface area contributed by atoms with Crippen LogP contribution in [0.4, 0.5) is 5.69 Å². The minimum Gasteiger partial charge on any atom is -0.371 e. The molecule has 2 saturated heterocycles. The third-order valence-electron chi connectivity index (χ3n) is 4.59. The Morgan fingerprint density at radius 3 is 2.37 bits per heavy atom. The zero-order valence-corrected chi connectivity index (χ0v) is 13.2. The molecule has 0 radical (unpaired) electrons. The standard InChI is InChI=1S/C15H22BrN3/c1-10-5-13(16)3-4-14(10)19-8-11-6-18(2)7-12(9-19)15(11)17/h3-5,11-12,15H,6-9,17H2,1-2H3. The number of hydrogen-bond acceptors (Lipinski definition) is 3. The number of anilines is 1. The van der Waals surface area contributed by atoms with Gasteiger partial charge in [-0.25, -0.2) is 0 Å². The number of fused-ring (bicyclic) bond motifs is 2. The first-order valence-electron chi connectivity index (χ1n) is 7.00. The van der Waals surface area contributed by atoms with Gasteiger partial charge in [0.15, 0.2) is 0 Å². The molecule has 2 N–H and O–H groups in total. The normalized spacial score (nSPS) is 31.6. The van der Waals surface area contributed by atoms with Crippen LogP contribution in [0.3, 0.4) is 0 Å². The summed E-state index contributed by atoms with van der Waals surface area (Å²) in [5.74, 6) is 1.20. The van der Waals surface area contributed by atoms with E-state index in [0.717, 1.165) is 30.7 Å². The van der Waals surface area contributed by atoms with E-state index in [2.05, 4.69) is 57.9 Å². The van der Waals surface area contributed by atoms with Gasteiger partial charge in [0.2, 0.25) is 0 Å². The van der Waals surface area contributed by atoms with Gasteiger partial charge in [0.05, 0.1) is 0 Å². The molecule has 2 unspecified atom stereocenters. The third kappa shape index (κ3) is 2.54. The molecule has 2 heterocycles. The van der Waals surface area contributed by atoms with E-state index in [9.17, 15) is 0 Å². The third-order valence-corrected chi connectivity index (χ3v) is 5.08. The van der Waals surface area contributed by atoms with E-state index in [4.69, 9.17) is 5.73 Å². The Labute approximate surface area is 123 Å². The van der Waals surface area contributed by atoms with Crippen LogP contribution in [0.25, 0.3) is 0 Å². The first-order valence-corrected chi connectivity index (χ1v) is 7.79. The van der Waals surface area contributed by atoms with Crippen LogP contribution in [-0.2, 0) is 0 Å². The number of likely N-dealkylation sites (tertiary alicyclic amines) is 1. The maximum absolute atomic E-state index is 6.39. The minimum atomic E-state index is 0.378. The predicted octanol–water partition coefficient (Wildman–Crippen LogP) is 2.08. The van der Waals surface area contributed by atoms with Gasteiger partial charge in [-0.3, -0.25) is 0 Å². The number of halogens is 1. The average molecular weight is 324 g/mol. The smallest absolute Gasteiger partial charge is 0.0396 e. The molecule has 0 aromatic heterocycles. The van der Waals surface area contributed by atoms with Gasteiger partial charge in [-0.05, 0) is 37.7 Å². The number of hydrogen-bond donors (Lipinski definition) is 1. The molecule has 2 atom stereocenters. The Hall–Kier alpha value is -0.580. The molecule has 1 aromatic rings. The molecule has 2 aliphatic rings. The highest BCUT2D eigenvalue weighted by Gasteiger charge is 2.39. The van der Waals surface area contributed by atoms with E-state index in [1.807, 2.05) is 0 Å². The second kappa shape index (κ2) is 5.08. The minimum absolute atomic E-state index is 0.378. The SMILES string of the molecule is Cc1cc(Br)ccc1N1CC2CN(C)CC(C1)C2N. The van der Waals surface area contributed by atoms with E-state index in [-0.39, 0.29) is 0 Å². The molecule has 4 heteroatoms. The molecule has 1 aromatic carbocycles. The van der Waals surface area contributed by atoms with Gasteiger partial charge in [-0.1, -0.05) is 15.9 Å². The lowest BCUT2D eigenvalue weighted by atomic mass is 9.80. The lowest BCUT2D eigenvalue weighted by Gasteiger charge is -2.49. The van der Waals surface area contributed by atoms with Gasteiger partial charge >= 0.3 is 0 Å². The van der Waals surface area contributed by atoms with Gasteiger partial charge < -0.3 is 15.5 Å². The molecule has 2 aliphatic heterocycles. The van der Waals surface area contributed by atoms with Crippen molar-refractivity contribution in [1.29, 1.82) is 0 Å². The molecule has 2 bridgehead atoms. The monoisotopic (exact) mass is 323 g/mol. The van der Waals surface area contributed by atoms with Crippen LogP contribution in [0.5, 0.6) is 0 Å². The molecule has 3 rings (SSSR count). The van der Waals surface area contributed by atoms with Crippen molar-refractivity contribution >= 4 is 21.6 Å². The summed E-state index contributed by atoms with van der Waals surface area (Å²) in [5, 5.41) is 0. The fourth-order valence-corrected chi connectivity index (χ4v) is 4.15. The van der Waals surface area contributed by atoms with Crippen molar-refractivity contribution in [1.82, 2.24) is 4.90 Å². The number of piperidine rings is 2. The lowest BCUT2D eigenvalue weighted by molar-refractivity contribution is 0.107. The molecule has 0 saturated carbocycles. The van der Waals surface area contributed by atoms with Crippen LogP contribution in [0.15, 0.2) is 22.7 Å². The molecule has 104 valence electrons. The number of rotatable bonds is 1. The van der Waals surface area contributed by atoms with Crippen molar-refractivity contribution in [3.8, 4) is 0 Å². The van der Waals surface area contributed by atoms with Crippen molar-refractivity contribution in [2.45, 2.75) is 13.0 Å². The summed E-state index contributed by atoms with van der Waals surface area (Å²) >= 11 is 3.54. The van der Waals surface area contributed by atoms with Crippen molar-refractivity contribution in [3.05, 3.63) is 28.2 Å². The second-order valence-electron chi connectivity index (χ2n) is 6.15. The van der Waals surface area contributed by atoms with Crippen LogP contribution in [0.2, 0.25) is 0 Å². The maximum atomic E-state index is 6.39. The molecule has 2 fully saturated rings. The van der Waals surface area contributed by atoms with Crippen LogP contribution < -0.4 is 10.6 Å². The Bertz CT molecular complexity index is 460. The molecule has 0 aliphatic carbocycles. The van der Waals surface area contributed by atoms with Gasteiger partial charge in [-0.2, -0.15) is 0 Å². The van der Waals surface area contributed by atoms with Gasteiger partial charge in [0, 0.05) is 54.2 Å².